The first kappa shape index (κ1) is 15.2. The Kier molecular flexibility index (Phi) is 3.69. The molecule has 3 aliphatic rings. The molecule has 126 valence electrons. The Morgan fingerprint density at radius 2 is 1.91 bits per heavy atom. The summed E-state index contributed by atoms with van der Waals surface area (Å²) in [5.41, 5.74) is 0.116. The molecule has 2 saturated carbocycles. The van der Waals surface area contributed by atoms with Crippen molar-refractivity contribution in [2.75, 3.05) is 4.90 Å². The van der Waals surface area contributed by atoms with Crippen molar-refractivity contribution in [2.24, 2.45) is 5.92 Å². The highest BCUT2D eigenvalue weighted by Crippen LogP contribution is 2.52. The van der Waals surface area contributed by atoms with E-state index in [9.17, 15) is 4.79 Å². The standard InChI is InChI=1S/C18H28N4O/c1-3-16-19-17-21(13(2)23)15-10-6-5-9-14(15)18(22(17)20-16)11-7-4-8-12-18/h14-15H,3-12H2,1-2H3/t14-,15+/m1/s1. The van der Waals surface area contributed by atoms with Gasteiger partial charge in [-0.15, -0.1) is 0 Å². The smallest absolute Gasteiger partial charge is 0.231 e. The molecule has 0 unspecified atom stereocenters. The first-order valence-corrected chi connectivity index (χ1v) is 9.43. The molecule has 0 N–H and O–H groups in total. The van der Waals surface area contributed by atoms with Gasteiger partial charge < -0.3 is 0 Å². The van der Waals surface area contributed by atoms with Crippen LogP contribution in [0.15, 0.2) is 0 Å². The van der Waals surface area contributed by atoms with Crippen LogP contribution in [0.4, 0.5) is 5.95 Å². The third-order valence-corrected chi connectivity index (χ3v) is 6.40. The zero-order valence-electron chi connectivity index (χ0n) is 14.4. The highest BCUT2D eigenvalue weighted by atomic mass is 16.2. The van der Waals surface area contributed by atoms with E-state index >= 15 is 0 Å². The molecule has 2 heterocycles. The van der Waals surface area contributed by atoms with Crippen molar-refractivity contribution in [3.05, 3.63) is 5.82 Å². The molecule has 2 aliphatic carbocycles. The van der Waals surface area contributed by atoms with Gasteiger partial charge in [0.05, 0.1) is 5.54 Å². The number of rotatable bonds is 1. The third-order valence-electron chi connectivity index (χ3n) is 6.40. The van der Waals surface area contributed by atoms with E-state index in [1.54, 1.807) is 6.92 Å². The molecule has 1 spiro atoms. The Morgan fingerprint density at radius 3 is 2.61 bits per heavy atom. The van der Waals surface area contributed by atoms with Gasteiger partial charge >= 0.3 is 0 Å². The predicted octanol–water partition coefficient (Wildman–Crippen LogP) is 3.43. The molecule has 5 nitrogen and oxygen atoms in total. The van der Waals surface area contributed by atoms with E-state index in [2.05, 4.69) is 11.6 Å². The van der Waals surface area contributed by atoms with Gasteiger partial charge in [-0.25, -0.2) is 4.68 Å². The topological polar surface area (TPSA) is 51.0 Å². The van der Waals surface area contributed by atoms with Crippen molar-refractivity contribution >= 4 is 11.9 Å². The van der Waals surface area contributed by atoms with Crippen molar-refractivity contribution in [1.82, 2.24) is 14.8 Å². The van der Waals surface area contributed by atoms with Crippen LogP contribution in [0.2, 0.25) is 0 Å². The summed E-state index contributed by atoms with van der Waals surface area (Å²) in [6, 6.07) is 0.334. The van der Waals surface area contributed by atoms with Crippen LogP contribution in [0.25, 0.3) is 0 Å². The zero-order chi connectivity index (χ0) is 16.0. The fourth-order valence-electron chi connectivity index (χ4n) is 5.42. The lowest BCUT2D eigenvalue weighted by Gasteiger charge is -2.55. The molecule has 5 heteroatoms. The molecule has 1 aliphatic heterocycles. The van der Waals surface area contributed by atoms with E-state index in [0.29, 0.717) is 12.0 Å². The van der Waals surface area contributed by atoms with Gasteiger partial charge in [0.15, 0.2) is 5.82 Å². The second kappa shape index (κ2) is 5.60. The van der Waals surface area contributed by atoms with Crippen molar-refractivity contribution in [1.29, 1.82) is 0 Å². The van der Waals surface area contributed by atoms with Crippen LogP contribution < -0.4 is 4.90 Å². The quantitative estimate of drug-likeness (QED) is 0.797. The van der Waals surface area contributed by atoms with Crippen molar-refractivity contribution in [2.45, 2.75) is 89.6 Å². The number of nitrogens with zero attached hydrogens (tertiary/aromatic N) is 4. The molecule has 0 aromatic carbocycles. The molecule has 23 heavy (non-hydrogen) atoms. The lowest BCUT2D eigenvalue weighted by atomic mass is 9.64. The zero-order valence-corrected chi connectivity index (χ0v) is 14.4. The second-order valence-electron chi connectivity index (χ2n) is 7.60. The molecule has 2 fully saturated rings. The molecule has 1 amide bonds. The number of aromatic nitrogens is 3. The molecular formula is C18H28N4O. The Balaban J connectivity index is 1.90. The number of aryl methyl sites for hydroxylation is 1. The summed E-state index contributed by atoms with van der Waals surface area (Å²) in [6.45, 7) is 3.79. The Bertz CT molecular complexity index is 602. The lowest BCUT2D eigenvalue weighted by Crippen LogP contribution is -2.61. The van der Waals surface area contributed by atoms with E-state index in [0.717, 1.165) is 24.6 Å². The van der Waals surface area contributed by atoms with Crippen LogP contribution in [0, 0.1) is 5.92 Å². The summed E-state index contributed by atoms with van der Waals surface area (Å²) in [5, 5.41) is 4.88. The summed E-state index contributed by atoms with van der Waals surface area (Å²) in [6.07, 6.45) is 12.0. The fraction of sp³-hybridized carbons (Fsp3) is 0.833. The highest BCUT2D eigenvalue weighted by Gasteiger charge is 2.54. The molecular weight excluding hydrogens is 288 g/mol. The minimum atomic E-state index is 0.116. The monoisotopic (exact) mass is 316 g/mol. The Hall–Kier alpha value is -1.39. The van der Waals surface area contributed by atoms with Gasteiger partial charge in [-0.3, -0.25) is 9.69 Å². The van der Waals surface area contributed by atoms with E-state index in [-0.39, 0.29) is 11.4 Å². The predicted molar refractivity (Wildman–Crippen MR) is 89.4 cm³/mol. The van der Waals surface area contributed by atoms with E-state index in [1.165, 1.54) is 51.4 Å². The Morgan fingerprint density at radius 1 is 1.17 bits per heavy atom. The van der Waals surface area contributed by atoms with Crippen molar-refractivity contribution in [3.8, 4) is 0 Å². The van der Waals surface area contributed by atoms with E-state index in [1.807, 2.05) is 4.90 Å². The van der Waals surface area contributed by atoms with Crippen LogP contribution >= 0.6 is 0 Å². The average Bonchev–Trinajstić information content (AvgIpc) is 3.01. The van der Waals surface area contributed by atoms with Crippen molar-refractivity contribution < 1.29 is 4.79 Å². The number of amides is 1. The average molecular weight is 316 g/mol. The maximum absolute atomic E-state index is 12.4. The van der Waals surface area contributed by atoms with Gasteiger partial charge in [-0.1, -0.05) is 39.0 Å². The minimum absolute atomic E-state index is 0.116. The van der Waals surface area contributed by atoms with Gasteiger partial charge in [-0.2, -0.15) is 10.1 Å². The number of hydrogen-bond acceptors (Lipinski definition) is 3. The normalized spacial score (nSPS) is 29.2. The minimum Gasteiger partial charge on any atom is -0.278 e. The molecule has 0 radical (unpaired) electrons. The highest BCUT2D eigenvalue weighted by molar-refractivity contribution is 5.90. The van der Waals surface area contributed by atoms with Gasteiger partial charge in [0.2, 0.25) is 11.9 Å². The third kappa shape index (κ3) is 2.15. The van der Waals surface area contributed by atoms with Crippen molar-refractivity contribution in [3.63, 3.8) is 0 Å². The number of fused-ring (bicyclic) bond motifs is 4. The molecule has 1 aromatic heterocycles. The second-order valence-corrected chi connectivity index (χ2v) is 7.60. The summed E-state index contributed by atoms with van der Waals surface area (Å²) >= 11 is 0. The van der Waals surface area contributed by atoms with Gasteiger partial charge in [0.1, 0.15) is 0 Å². The maximum Gasteiger partial charge on any atom is 0.231 e. The van der Waals surface area contributed by atoms with Crippen LogP contribution in [0.5, 0.6) is 0 Å². The van der Waals surface area contributed by atoms with Gasteiger partial charge in [0, 0.05) is 25.3 Å². The maximum atomic E-state index is 12.4. The lowest BCUT2D eigenvalue weighted by molar-refractivity contribution is -0.118. The first-order valence-electron chi connectivity index (χ1n) is 9.43. The largest absolute Gasteiger partial charge is 0.278 e. The van der Waals surface area contributed by atoms with Gasteiger partial charge in [-0.05, 0) is 25.7 Å². The van der Waals surface area contributed by atoms with Crippen LogP contribution in [-0.2, 0) is 16.8 Å². The summed E-state index contributed by atoms with van der Waals surface area (Å²) < 4.78 is 2.19. The first-order chi connectivity index (χ1) is 11.2. The molecule has 1 aromatic rings. The van der Waals surface area contributed by atoms with E-state index < -0.39 is 0 Å². The summed E-state index contributed by atoms with van der Waals surface area (Å²) in [5.74, 6) is 2.40. The molecule has 0 bridgehead atoms. The number of anilines is 1. The summed E-state index contributed by atoms with van der Waals surface area (Å²) in [4.78, 5) is 19.2. The van der Waals surface area contributed by atoms with Gasteiger partial charge in [0.25, 0.3) is 0 Å². The van der Waals surface area contributed by atoms with Crippen LogP contribution in [0.3, 0.4) is 0 Å². The Labute approximate surface area is 138 Å². The number of hydrogen-bond donors (Lipinski definition) is 0. The molecule has 0 saturated heterocycles. The van der Waals surface area contributed by atoms with E-state index in [4.69, 9.17) is 10.1 Å². The summed E-state index contributed by atoms with van der Waals surface area (Å²) in [7, 11) is 0. The number of carbonyl (C=O) groups is 1. The molecule has 2 atom stereocenters. The van der Waals surface area contributed by atoms with Crippen LogP contribution in [0.1, 0.15) is 77.5 Å². The van der Waals surface area contributed by atoms with Crippen LogP contribution in [-0.4, -0.2) is 26.7 Å². The SMILES string of the molecule is CCc1nc2n(n1)C1(CCCCC1)[C@@H]1CCCC[C@@H]1N2C(C)=O. The number of carbonyl (C=O) groups excluding carboxylic acids is 1. The molecule has 4 rings (SSSR count). The fourth-order valence-corrected chi connectivity index (χ4v) is 5.42.